The van der Waals surface area contributed by atoms with Gasteiger partial charge in [-0.05, 0) is 37.1 Å². The molecule has 6 nitrogen and oxygen atoms in total. The number of nitrogens with zero attached hydrogens (tertiary/aromatic N) is 2. The van der Waals surface area contributed by atoms with Crippen LogP contribution in [0.4, 0.5) is 5.69 Å². The second kappa shape index (κ2) is 5.57. The molecule has 0 bridgehead atoms. The Balaban J connectivity index is 1.89. The molecule has 3 rings (SSSR count). The van der Waals surface area contributed by atoms with Gasteiger partial charge in [0.05, 0.1) is 24.2 Å². The molecule has 0 fully saturated rings. The van der Waals surface area contributed by atoms with E-state index in [4.69, 9.17) is 5.11 Å². The van der Waals surface area contributed by atoms with Gasteiger partial charge in [0.25, 0.3) is 5.91 Å². The molecule has 2 heterocycles. The van der Waals surface area contributed by atoms with Crippen molar-refractivity contribution in [1.29, 1.82) is 0 Å². The summed E-state index contributed by atoms with van der Waals surface area (Å²) in [7, 11) is 0. The second-order valence-corrected chi connectivity index (χ2v) is 5.23. The lowest BCUT2D eigenvalue weighted by Gasteiger charge is -2.00. The predicted molar refractivity (Wildman–Crippen MR) is 85.4 cm³/mol. The first kappa shape index (κ1) is 14.2. The minimum atomic E-state index is -0.290. The van der Waals surface area contributed by atoms with Gasteiger partial charge in [-0.1, -0.05) is 12.1 Å². The Kier molecular flexibility index (Phi) is 3.60. The molecule has 3 N–H and O–H groups in total. The summed E-state index contributed by atoms with van der Waals surface area (Å²) in [4.78, 5) is 15.1. The Morgan fingerprint density at radius 3 is 2.77 bits per heavy atom. The Morgan fingerprint density at radius 2 is 2.09 bits per heavy atom. The van der Waals surface area contributed by atoms with Crippen LogP contribution in [-0.2, 0) is 11.4 Å². The summed E-state index contributed by atoms with van der Waals surface area (Å²) in [5.41, 5.74) is 5.35. The number of aliphatic hydroxyl groups is 1. The van der Waals surface area contributed by atoms with E-state index in [2.05, 4.69) is 20.5 Å². The van der Waals surface area contributed by atoms with E-state index in [-0.39, 0.29) is 18.2 Å². The van der Waals surface area contributed by atoms with Crippen molar-refractivity contribution in [3.05, 3.63) is 52.3 Å². The zero-order valence-corrected chi connectivity index (χ0v) is 12.3. The number of aliphatic hydroxyl groups excluding tert-OH is 1. The SMILES string of the molecule is Cc1cc(C)c(/C=N/N=C2\C(=O)Nc3cc(CO)ccc32)[nH]1. The van der Waals surface area contributed by atoms with E-state index in [0.29, 0.717) is 11.3 Å². The third kappa shape index (κ3) is 2.56. The van der Waals surface area contributed by atoms with E-state index >= 15 is 0 Å². The number of hydrogen-bond acceptors (Lipinski definition) is 4. The quantitative estimate of drug-likeness (QED) is 0.596. The molecule has 1 aromatic carbocycles. The van der Waals surface area contributed by atoms with Gasteiger partial charge in [-0.25, -0.2) is 0 Å². The average molecular weight is 296 g/mol. The highest BCUT2D eigenvalue weighted by atomic mass is 16.3. The van der Waals surface area contributed by atoms with Crippen LogP contribution < -0.4 is 5.32 Å². The van der Waals surface area contributed by atoms with E-state index in [1.165, 1.54) is 0 Å². The highest BCUT2D eigenvalue weighted by molar-refractivity contribution is 6.53. The van der Waals surface area contributed by atoms with Gasteiger partial charge in [-0.3, -0.25) is 4.79 Å². The Labute approximate surface area is 127 Å². The highest BCUT2D eigenvalue weighted by Crippen LogP contribution is 2.25. The molecule has 0 aliphatic carbocycles. The Bertz CT molecular complexity index is 802. The zero-order chi connectivity index (χ0) is 15.7. The summed E-state index contributed by atoms with van der Waals surface area (Å²) in [6.45, 7) is 3.88. The normalized spacial score (nSPS) is 15.6. The molecule has 0 radical (unpaired) electrons. The number of hydrogen-bond donors (Lipinski definition) is 3. The van der Waals surface area contributed by atoms with Crippen LogP contribution >= 0.6 is 0 Å². The number of aryl methyl sites for hydroxylation is 2. The fraction of sp³-hybridized carbons (Fsp3) is 0.188. The first-order chi connectivity index (χ1) is 10.6. The number of amides is 1. The molecule has 1 aliphatic rings. The fourth-order valence-corrected chi connectivity index (χ4v) is 2.43. The summed E-state index contributed by atoms with van der Waals surface area (Å²) in [5.74, 6) is -0.290. The van der Waals surface area contributed by atoms with Crippen molar-refractivity contribution in [3.8, 4) is 0 Å². The van der Waals surface area contributed by atoms with Gasteiger partial charge in [-0.15, -0.1) is 5.10 Å². The summed E-state index contributed by atoms with van der Waals surface area (Å²) in [6, 6.07) is 7.27. The summed E-state index contributed by atoms with van der Waals surface area (Å²) in [5, 5.41) is 19.9. The monoisotopic (exact) mass is 296 g/mol. The molecular formula is C16H16N4O2. The fourth-order valence-electron chi connectivity index (χ4n) is 2.43. The minimum absolute atomic E-state index is 0.0702. The van der Waals surface area contributed by atoms with Crippen LogP contribution in [0.15, 0.2) is 34.5 Å². The van der Waals surface area contributed by atoms with Gasteiger partial charge < -0.3 is 15.4 Å². The number of carbonyl (C=O) groups excluding carboxylic acids is 1. The first-order valence-electron chi connectivity index (χ1n) is 6.91. The minimum Gasteiger partial charge on any atom is -0.392 e. The molecule has 0 saturated heterocycles. The Hall–Kier alpha value is -2.73. The number of aromatic amines is 1. The number of H-pyrrole nitrogens is 1. The number of anilines is 1. The van der Waals surface area contributed by atoms with Crippen LogP contribution in [-0.4, -0.2) is 27.9 Å². The second-order valence-electron chi connectivity index (χ2n) is 5.23. The predicted octanol–water partition coefficient (Wildman–Crippen LogP) is 1.90. The van der Waals surface area contributed by atoms with Crippen LogP contribution in [0.5, 0.6) is 0 Å². The van der Waals surface area contributed by atoms with Crippen molar-refractivity contribution in [1.82, 2.24) is 4.98 Å². The number of fused-ring (bicyclic) bond motifs is 1. The average Bonchev–Trinajstić information content (AvgIpc) is 2.97. The van der Waals surface area contributed by atoms with Crippen LogP contribution in [0.2, 0.25) is 0 Å². The van der Waals surface area contributed by atoms with E-state index in [1.54, 1.807) is 24.4 Å². The summed E-state index contributed by atoms with van der Waals surface area (Å²) >= 11 is 0. The molecule has 6 heteroatoms. The molecule has 22 heavy (non-hydrogen) atoms. The van der Waals surface area contributed by atoms with Gasteiger partial charge in [-0.2, -0.15) is 5.10 Å². The van der Waals surface area contributed by atoms with Crippen LogP contribution in [0.25, 0.3) is 0 Å². The third-order valence-electron chi connectivity index (χ3n) is 3.52. The molecular weight excluding hydrogens is 280 g/mol. The van der Waals surface area contributed by atoms with Crippen LogP contribution in [0.1, 0.15) is 28.1 Å². The lowest BCUT2D eigenvalue weighted by molar-refractivity contribution is -0.110. The largest absolute Gasteiger partial charge is 0.392 e. The smallest absolute Gasteiger partial charge is 0.276 e. The maximum absolute atomic E-state index is 12.0. The summed E-state index contributed by atoms with van der Waals surface area (Å²) in [6.07, 6.45) is 1.60. The standard InChI is InChI=1S/C16H16N4O2/c1-9-5-10(2)18-14(9)7-17-20-15-12-4-3-11(8-21)6-13(12)19-16(15)22/h3-7,18,21H,8H2,1-2H3,(H,19,20,22)/b17-7+. The van der Waals surface area contributed by atoms with Gasteiger partial charge in [0, 0.05) is 11.3 Å². The molecule has 0 unspecified atom stereocenters. The van der Waals surface area contributed by atoms with Gasteiger partial charge >= 0.3 is 0 Å². The number of aromatic nitrogens is 1. The maximum Gasteiger partial charge on any atom is 0.276 e. The van der Waals surface area contributed by atoms with E-state index in [1.807, 2.05) is 19.9 Å². The zero-order valence-electron chi connectivity index (χ0n) is 12.3. The molecule has 0 saturated carbocycles. The number of nitrogens with one attached hydrogen (secondary N) is 2. The molecule has 1 amide bonds. The van der Waals surface area contributed by atoms with Crippen molar-refractivity contribution in [2.24, 2.45) is 10.2 Å². The number of rotatable bonds is 3. The maximum atomic E-state index is 12.0. The van der Waals surface area contributed by atoms with Gasteiger partial charge in [0.15, 0.2) is 5.71 Å². The van der Waals surface area contributed by atoms with Crippen LogP contribution in [0.3, 0.4) is 0 Å². The van der Waals surface area contributed by atoms with E-state index in [0.717, 1.165) is 22.5 Å². The topological polar surface area (TPSA) is 89.8 Å². The van der Waals surface area contributed by atoms with Crippen molar-refractivity contribution in [3.63, 3.8) is 0 Å². The lowest BCUT2D eigenvalue weighted by atomic mass is 10.1. The summed E-state index contributed by atoms with van der Waals surface area (Å²) < 4.78 is 0. The third-order valence-corrected chi connectivity index (χ3v) is 3.52. The molecule has 1 aromatic heterocycles. The Morgan fingerprint density at radius 1 is 1.27 bits per heavy atom. The van der Waals surface area contributed by atoms with Crippen molar-refractivity contribution in [2.75, 3.05) is 5.32 Å². The molecule has 2 aromatic rings. The van der Waals surface area contributed by atoms with Crippen molar-refractivity contribution < 1.29 is 9.90 Å². The van der Waals surface area contributed by atoms with Gasteiger partial charge in [0.2, 0.25) is 0 Å². The van der Waals surface area contributed by atoms with E-state index < -0.39 is 0 Å². The number of carbonyl (C=O) groups is 1. The van der Waals surface area contributed by atoms with Crippen LogP contribution in [0, 0.1) is 13.8 Å². The van der Waals surface area contributed by atoms with Crippen molar-refractivity contribution >= 4 is 23.5 Å². The molecule has 0 spiro atoms. The van der Waals surface area contributed by atoms with Crippen molar-refractivity contribution in [2.45, 2.75) is 20.5 Å². The van der Waals surface area contributed by atoms with Gasteiger partial charge in [0.1, 0.15) is 0 Å². The number of benzene rings is 1. The molecule has 1 aliphatic heterocycles. The molecule has 0 atom stereocenters. The molecule has 112 valence electrons. The highest BCUT2D eigenvalue weighted by Gasteiger charge is 2.26. The lowest BCUT2D eigenvalue weighted by Crippen LogP contribution is -2.13. The first-order valence-corrected chi connectivity index (χ1v) is 6.91. The van der Waals surface area contributed by atoms with E-state index in [9.17, 15) is 4.79 Å².